The second-order valence-electron chi connectivity index (χ2n) is 6.02. The molecule has 0 fully saturated rings. The van der Waals surface area contributed by atoms with Crippen LogP contribution in [0.25, 0.3) is 11.0 Å². The number of nitrogens with zero attached hydrogens (tertiary/aromatic N) is 4. The number of aromatic nitrogens is 4. The molecule has 0 saturated carbocycles. The predicted molar refractivity (Wildman–Crippen MR) is 87.9 cm³/mol. The molecule has 0 aliphatic heterocycles. The van der Waals surface area contributed by atoms with Crippen LogP contribution in [0.15, 0.2) is 41.3 Å². The monoisotopic (exact) mass is 358 g/mol. The van der Waals surface area contributed by atoms with E-state index in [9.17, 15) is 4.79 Å². The lowest BCUT2D eigenvalue weighted by molar-refractivity contribution is 0.102. The number of fused-ring (bicyclic) bond motifs is 1. The van der Waals surface area contributed by atoms with Crippen LogP contribution in [-0.4, -0.2) is 25.3 Å². The molecule has 0 radical (unpaired) electrons. The van der Waals surface area contributed by atoms with Gasteiger partial charge in [0.05, 0.1) is 0 Å². The van der Waals surface area contributed by atoms with Gasteiger partial charge in [-0.3, -0.25) is 9.78 Å². The SMILES string of the molecule is CC(C)(C)n1ccc2cnc(C(=O)c3ccc(Br)cn3)nc21. The average molecular weight is 359 g/mol. The van der Waals surface area contributed by atoms with Crippen molar-refractivity contribution in [2.45, 2.75) is 26.3 Å². The number of halogens is 1. The lowest BCUT2D eigenvalue weighted by Crippen LogP contribution is -2.21. The maximum absolute atomic E-state index is 12.5. The molecule has 0 saturated heterocycles. The highest BCUT2D eigenvalue weighted by Crippen LogP contribution is 2.22. The Balaban J connectivity index is 2.08. The number of ketones is 1. The van der Waals surface area contributed by atoms with Crippen molar-refractivity contribution in [3.05, 3.63) is 52.8 Å². The molecule has 0 aromatic carbocycles. The highest BCUT2D eigenvalue weighted by molar-refractivity contribution is 9.10. The number of rotatable bonds is 2. The third kappa shape index (κ3) is 2.66. The summed E-state index contributed by atoms with van der Waals surface area (Å²) >= 11 is 3.30. The Morgan fingerprint density at radius 3 is 2.55 bits per heavy atom. The first-order chi connectivity index (χ1) is 10.4. The second-order valence-corrected chi connectivity index (χ2v) is 6.94. The van der Waals surface area contributed by atoms with E-state index in [-0.39, 0.29) is 17.1 Å². The van der Waals surface area contributed by atoms with Gasteiger partial charge in [0.1, 0.15) is 11.3 Å². The summed E-state index contributed by atoms with van der Waals surface area (Å²) in [5, 5.41) is 0.912. The minimum atomic E-state index is -0.281. The highest BCUT2D eigenvalue weighted by Gasteiger charge is 2.19. The van der Waals surface area contributed by atoms with Crippen LogP contribution in [0.5, 0.6) is 0 Å². The normalized spacial score (nSPS) is 11.8. The summed E-state index contributed by atoms with van der Waals surface area (Å²) in [6.45, 7) is 6.27. The molecule has 0 bridgehead atoms. The fraction of sp³-hybridized carbons (Fsp3) is 0.250. The Hall–Kier alpha value is -2.08. The molecule has 112 valence electrons. The third-order valence-electron chi connectivity index (χ3n) is 3.31. The van der Waals surface area contributed by atoms with Crippen LogP contribution in [-0.2, 0) is 5.54 Å². The Morgan fingerprint density at radius 2 is 1.91 bits per heavy atom. The maximum atomic E-state index is 12.5. The molecule has 3 heterocycles. The van der Waals surface area contributed by atoms with Crippen molar-refractivity contribution in [1.82, 2.24) is 19.5 Å². The molecule has 0 unspecified atom stereocenters. The lowest BCUT2D eigenvalue weighted by atomic mass is 10.1. The summed E-state index contributed by atoms with van der Waals surface area (Å²) < 4.78 is 2.86. The Bertz CT molecular complexity index is 847. The molecule has 0 amide bonds. The molecule has 3 aromatic rings. The van der Waals surface area contributed by atoms with Gasteiger partial charge < -0.3 is 4.57 Å². The van der Waals surface area contributed by atoms with E-state index in [0.29, 0.717) is 5.69 Å². The molecule has 0 N–H and O–H groups in total. The number of hydrogen-bond donors (Lipinski definition) is 0. The van der Waals surface area contributed by atoms with Crippen LogP contribution in [0, 0.1) is 0 Å². The molecule has 0 spiro atoms. The average Bonchev–Trinajstić information content (AvgIpc) is 2.90. The van der Waals surface area contributed by atoms with Gasteiger partial charge in [-0.05, 0) is 54.9 Å². The van der Waals surface area contributed by atoms with E-state index < -0.39 is 0 Å². The fourth-order valence-electron chi connectivity index (χ4n) is 2.19. The molecule has 0 atom stereocenters. The molecular weight excluding hydrogens is 344 g/mol. The summed E-state index contributed by atoms with van der Waals surface area (Å²) in [6, 6.07) is 5.38. The fourth-order valence-corrected chi connectivity index (χ4v) is 2.43. The Kier molecular flexibility index (Phi) is 3.56. The standard InChI is InChI=1S/C16H15BrN4O/c1-16(2,3)21-7-6-10-8-19-14(20-15(10)21)13(22)12-5-4-11(17)9-18-12/h4-9H,1-3H3. The van der Waals surface area contributed by atoms with Crippen LogP contribution < -0.4 is 0 Å². The van der Waals surface area contributed by atoms with Crippen LogP contribution in [0.3, 0.4) is 0 Å². The predicted octanol–water partition coefficient (Wildman–Crippen LogP) is 3.57. The Labute approximate surface area is 136 Å². The zero-order chi connectivity index (χ0) is 15.9. The van der Waals surface area contributed by atoms with E-state index in [4.69, 9.17) is 0 Å². The van der Waals surface area contributed by atoms with Gasteiger partial charge in [-0.2, -0.15) is 0 Å². The summed E-state index contributed by atoms with van der Waals surface area (Å²) in [5.41, 5.74) is 0.964. The van der Waals surface area contributed by atoms with Crippen molar-refractivity contribution in [3.8, 4) is 0 Å². The van der Waals surface area contributed by atoms with Crippen LogP contribution >= 0.6 is 15.9 Å². The van der Waals surface area contributed by atoms with E-state index in [1.165, 1.54) is 0 Å². The van der Waals surface area contributed by atoms with Crippen molar-refractivity contribution in [2.24, 2.45) is 0 Å². The van der Waals surface area contributed by atoms with E-state index >= 15 is 0 Å². The molecule has 0 aliphatic carbocycles. The van der Waals surface area contributed by atoms with E-state index in [0.717, 1.165) is 15.5 Å². The van der Waals surface area contributed by atoms with Crippen molar-refractivity contribution in [1.29, 1.82) is 0 Å². The molecule has 6 heteroatoms. The quantitative estimate of drug-likeness (QED) is 0.657. The highest BCUT2D eigenvalue weighted by atomic mass is 79.9. The van der Waals surface area contributed by atoms with Gasteiger partial charge >= 0.3 is 0 Å². The van der Waals surface area contributed by atoms with Crippen molar-refractivity contribution in [2.75, 3.05) is 0 Å². The minimum absolute atomic E-state index is 0.119. The molecule has 5 nitrogen and oxygen atoms in total. The van der Waals surface area contributed by atoms with E-state index in [2.05, 4.69) is 51.7 Å². The van der Waals surface area contributed by atoms with Crippen molar-refractivity contribution in [3.63, 3.8) is 0 Å². The number of carbonyl (C=O) groups is 1. The first-order valence-electron chi connectivity index (χ1n) is 6.87. The topological polar surface area (TPSA) is 60.7 Å². The third-order valence-corrected chi connectivity index (χ3v) is 3.78. The number of pyridine rings is 1. The minimum Gasteiger partial charge on any atom is -0.327 e. The molecular formula is C16H15BrN4O. The van der Waals surface area contributed by atoms with Gasteiger partial charge in [-0.1, -0.05) is 0 Å². The van der Waals surface area contributed by atoms with Crippen LogP contribution in [0.1, 0.15) is 37.1 Å². The van der Waals surface area contributed by atoms with Gasteiger partial charge in [0.15, 0.2) is 0 Å². The van der Waals surface area contributed by atoms with E-state index in [1.807, 2.05) is 16.8 Å². The van der Waals surface area contributed by atoms with Gasteiger partial charge in [0, 0.05) is 34.0 Å². The first-order valence-corrected chi connectivity index (χ1v) is 7.66. The van der Waals surface area contributed by atoms with Gasteiger partial charge in [-0.25, -0.2) is 9.97 Å². The summed E-state index contributed by atoms with van der Waals surface area (Å²) in [4.78, 5) is 25.2. The maximum Gasteiger partial charge on any atom is 0.248 e. The van der Waals surface area contributed by atoms with Gasteiger partial charge in [0.25, 0.3) is 0 Å². The summed E-state index contributed by atoms with van der Waals surface area (Å²) in [6.07, 6.45) is 5.23. The molecule has 3 aromatic heterocycles. The largest absolute Gasteiger partial charge is 0.327 e. The summed E-state index contributed by atoms with van der Waals surface area (Å²) in [7, 11) is 0. The van der Waals surface area contributed by atoms with Crippen molar-refractivity contribution < 1.29 is 4.79 Å². The summed E-state index contributed by atoms with van der Waals surface area (Å²) in [5.74, 6) is -0.123. The first kappa shape index (κ1) is 14.8. The second kappa shape index (κ2) is 5.28. The molecule has 0 aliphatic rings. The van der Waals surface area contributed by atoms with Crippen molar-refractivity contribution >= 4 is 32.7 Å². The number of hydrogen-bond acceptors (Lipinski definition) is 4. The molecule has 22 heavy (non-hydrogen) atoms. The lowest BCUT2D eigenvalue weighted by Gasteiger charge is -2.21. The zero-order valence-corrected chi connectivity index (χ0v) is 14.1. The zero-order valence-electron chi connectivity index (χ0n) is 12.5. The van der Waals surface area contributed by atoms with E-state index in [1.54, 1.807) is 24.5 Å². The van der Waals surface area contributed by atoms with Crippen LogP contribution in [0.2, 0.25) is 0 Å². The Morgan fingerprint density at radius 1 is 1.14 bits per heavy atom. The molecule has 3 rings (SSSR count). The van der Waals surface area contributed by atoms with Gasteiger partial charge in [-0.15, -0.1) is 0 Å². The smallest absolute Gasteiger partial charge is 0.248 e. The number of carbonyl (C=O) groups excluding carboxylic acids is 1. The van der Waals surface area contributed by atoms with Gasteiger partial charge in [0.2, 0.25) is 11.6 Å². The van der Waals surface area contributed by atoms with Crippen LogP contribution in [0.4, 0.5) is 0 Å².